The maximum Gasteiger partial charge on any atom is 0.327 e. The topological polar surface area (TPSA) is 114 Å². The standard InChI is InChI=1S/C30H37FN4O6Si/c1-21-16-23(31)10-8-9-13-34(27(21)36)18-30(28(37)35(29(38)33-30)20-39-14-15-42(3,4)5)24-11-6-7-12-25(24)40-17-26-22(2)32-19-41-26/h6-8,10-12,16,19H,1,9,13-15,17-18,20H2,2-5H3,(H,33,38)/b10-8-,23-16+. The summed E-state index contributed by atoms with van der Waals surface area (Å²) in [7, 11) is -1.40. The number of aryl methyl sites for hydroxylation is 1. The molecule has 224 valence electrons. The average Bonchev–Trinajstić information content (AvgIpc) is 3.46. The molecule has 1 unspecified atom stereocenters. The highest BCUT2D eigenvalue weighted by Gasteiger charge is 2.55. The van der Waals surface area contributed by atoms with Gasteiger partial charge in [-0.15, -0.1) is 0 Å². The molecule has 10 nitrogen and oxygen atoms in total. The minimum absolute atomic E-state index is 0.0267. The maximum absolute atomic E-state index is 14.2. The van der Waals surface area contributed by atoms with Gasteiger partial charge in [0, 0.05) is 32.4 Å². The number of benzene rings is 1. The van der Waals surface area contributed by atoms with Crippen molar-refractivity contribution in [2.24, 2.45) is 0 Å². The normalized spacial score (nSPS) is 21.9. The lowest BCUT2D eigenvalue weighted by Gasteiger charge is -2.34. The number of nitrogens with zero attached hydrogens (tertiary/aromatic N) is 3. The van der Waals surface area contributed by atoms with Gasteiger partial charge in [-0.1, -0.05) is 50.5 Å². The van der Waals surface area contributed by atoms with E-state index in [0.717, 1.165) is 17.0 Å². The molecular formula is C30H37FN4O6Si. The van der Waals surface area contributed by atoms with Gasteiger partial charge in [-0.05, 0) is 37.6 Å². The van der Waals surface area contributed by atoms with Crippen LogP contribution in [0.4, 0.5) is 9.18 Å². The molecule has 2 aromatic rings. The van der Waals surface area contributed by atoms with E-state index in [4.69, 9.17) is 13.9 Å². The van der Waals surface area contributed by atoms with Crippen LogP contribution in [0.1, 0.15) is 23.4 Å². The number of aromatic nitrogens is 1. The van der Waals surface area contributed by atoms with Crippen LogP contribution in [0.3, 0.4) is 0 Å². The molecule has 0 aliphatic carbocycles. The lowest BCUT2D eigenvalue weighted by molar-refractivity contribution is -0.137. The van der Waals surface area contributed by atoms with Crippen molar-refractivity contribution < 1.29 is 32.7 Å². The first-order valence-corrected chi connectivity index (χ1v) is 17.5. The van der Waals surface area contributed by atoms with E-state index in [-0.39, 0.29) is 32.0 Å². The van der Waals surface area contributed by atoms with Crippen LogP contribution in [0.15, 0.2) is 71.3 Å². The molecule has 2 aliphatic rings. The number of nitrogens with one attached hydrogen (secondary N) is 1. The van der Waals surface area contributed by atoms with E-state index in [9.17, 15) is 18.8 Å². The number of oxazole rings is 1. The van der Waals surface area contributed by atoms with E-state index in [1.807, 2.05) is 0 Å². The van der Waals surface area contributed by atoms with Gasteiger partial charge in [-0.25, -0.2) is 19.1 Å². The summed E-state index contributed by atoms with van der Waals surface area (Å²) in [6.07, 6.45) is 5.56. The number of carbonyl (C=O) groups excluding carboxylic acids is 3. The van der Waals surface area contributed by atoms with Crippen LogP contribution in [0.25, 0.3) is 0 Å². The second-order valence-electron chi connectivity index (χ2n) is 11.5. The van der Waals surface area contributed by atoms with E-state index in [0.29, 0.717) is 35.8 Å². The van der Waals surface area contributed by atoms with Crippen molar-refractivity contribution in [3.8, 4) is 5.75 Å². The number of imide groups is 1. The van der Waals surface area contributed by atoms with Crippen molar-refractivity contribution in [3.63, 3.8) is 0 Å². The molecule has 1 fully saturated rings. The Balaban J connectivity index is 1.70. The predicted octanol–water partition coefficient (Wildman–Crippen LogP) is 4.82. The fourth-order valence-electron chi connectivity index (χ4n) is 4.65. The summed E-state index contributed by atoms with van der Waals surface area (Å²) in [5.74, 6) is -0.938. The molecule has 42 heavy (non-hydrogen) atoms. The third-order valence-electron chi connectivity index (χ3n) is 7.09. The summed E-state index contributed by atoms with van der Waals surface area (Å²) in [6, 6.07) is 7.01. The number of ether oxygens (including phenoxy) is 2. The smallest absolute Gasteiger partial charge is 0.327 e. The summed E-state index contributed by atoms with van der Waals surface area (Å²) in [5, 5.41) is 2.85. The Morgan fingerprint density at radius 3 is 2.69 bits per heavy atom. The van der Waals surface area contributed by atoms with E-state index in [2.05, 4.69) is 36.5 Å². The van der Waals surface area contributed by atoms with Crippen molar-refractivity contribution in [1.29, 1.82) is 0 Å². The molecule has 4 rings (SSSR count). The number of urea groups is 1. The molecule has 0 bridgehead atoms. The molecule has 0 saturated carbocycles. The number of rotatable bonds is 11. The van der Waals surface area contributed by atoms with Crippen LogP contribution < -0.4 is 10.1 Å². The molecule has 0 radical (unpaired) electrons. The van der Waals surface area contributed by atoms with Gasteiger partial charge in [0.15, 0.2) is 17.7 Å². The SMILES string of the molecule is C=C1/C=C(F)\C=C/CCN(CC2(c3ccccc3OCc3ocnc3C)NC(=O)N(COCC[Si](C)(C)C)C2=O)C1=O. The Bertz CT molecular complexity index is 1410. The first-order chi connectivity index (χ1) is 19.9. The van der Waals surface area contributed by atoms with Gasteiger partial charge in [0.1, 0.15) is 24.9 Å². The quantitative estimate of drug-likeness (QED) is 0.171. The van der Waals surface area contributed by atoms with Crippen LogP contribution in [-0.2, 0) is 26.5 Å². The van der Waals surface area contributed by atoms with Gasteiger partial charge in [0.05, 0.1) is 12.2 Å². The van der Waals surface area contributed by atoms with Crippen LogP contribution in [-0.4, -0.2) is 67.1 Å². The minimum atomic E-state index is -1.72. The van der Waals surface area contributed by atoms with Crippen LogP contribution in [0.5, 0.6) is 5.75 Å². The summed E-state index contributed by atoms with van der Waals surface area (Å²) in [5.41, 5.74) is -0.797. The fourth-order valence-corrected chi connectivity index (χ4v) is 5.41. The molecule has 1 saturated heterocycles. The van der Waals surface area contributed by atoms with E-state index in [1.165, 1.54) is 17.4 Å². The monoisotopic (exact) mass is 596 g/mol. The third-order valence-corrected chi connectivity index (χ3v) is 8.79. The largest absolute Gasteiger partial charge is 0.485 e. The molecule has 4 amide bonds. The van der Waals surface area contributed by atoms with E-state index >= 15 is 0 Å². The zero-order chi connectivity index (χ0) is 30.5. The first-order valence-electron chi connectivity index (χ1n) is 13.8. The first kappa shape index (κ1) is 30.9. The highest BCUT2D eigenvalue weighted by atomic mass is 28.3. The van der Waals surface area contributed by atoms with Crippen molar-refractivity contribution in [2.45, 2.75) is 51.2 Å². The molecule has 1 N–H and O–H groups in total. The Morgan fingerprint density at radius 2 is 1.98 bits per heavy atom. The molecule has 1 atom stereocenters. The van der Waals surface area contributed by atoms with Crippen LogP contribution in [0, 0.1) is 6.92 Å². The Morgan fingerprint density at radius 1 is 1.21 bits per heavy atom. The van der Waals surface area contributed by atoms with E-state index < -0.39 is 37.3 Å². The number of hydrogen-bond donors (Lipinski definition) is 1. The molecule has 2 aliphatic heterocycles. The average molecular weight is 597 g/mol. The van der Waals surface area contributed by atoms with Crippen molar-refractivity contribution >= 4 is 25.9 Å². The van der Waals surface area contributed by atoms with Gasteiger partial charge in [0.2, 0.25) is 0 Å². The van der Waals surface area contributed by atoms with Gasteiger partial charge in [-0.2, -0.15) is 0 Å². The Labute approximate surface area is 245 Å². The van der Waals surface area contributed by atoms with Gasteiger partial charge < -0.3 is 24.1 Å². The minimum Gasteiger partial charge on any atom is -0.485 e. The zero-order valence-electron chi connectivity index (χ0n) is 24.4. The zero-order valence-corrected chi connectivity index (χ0v) is 25.4. The summed E-state index contributed by atoms with van der Waals surface area (Å²) >= 11 is 0. The van der Waals surface area contributed by atoms with E-state index in [1.54, 1.807) is 37.3 Å². The highest BCUT2D eigenvalue weighted by Crippen LogP contribution is 2.37. The van der Waals surface area contributed by atoms with Crippen molar-refractivity contribution in [2.75, 3.05) is 26.4 Å². The Hall–Kier alpha value is -4.03. The third kappa shape index (κ3) is 7.05. The van der Waals surface area contributed by atoms with Crippen LogP contribution >= 0.6 is 0 Å². The molecule has 3 heterocycles. The Kier molecular flexibility index (Phi) is 9.47. The van der Waals surface area contributed by atoms with Gasteiger partial charge in [0.25, 0.3) is 11.8 Å². The highest BCUT2D eigenvalue weighted by molar-refractivity contribution is 6.76. The van der Waals surface area contributed by atoms with Crippen LogP contribution in [0.2, 0.25) is 25.7 Å². The lowest BCUT2D eigenvalue weighted by Crippen LogP contribution is -2.54. The maximum atomic E-state index is 14.2. The number of amides is 4. The second-order valence-corrected chi connectivity index (χ2v) is 17.2. The predicted molar refractivity (Wildman–Crippen MR) is 157 cm³/mol. The van der Waals surface area contributed by atoms with Gasteiger partial charge >= 0.3 is 6.03 Å². The second kappa shape index (κ2) is 12.9. The number of para-hydroxylation sites is 1. The van der Waals surface area contributed by atoms with Crippen molar-refractivity contribution in [1.82, 2.24) is 20.1 Å². The number of carbonyl (C=O) groups is 3. The number of halogens is 1. The summed E-state index contributed by atoms with van der Waals surface area (Å²) in [6.45, 7) is 12.2. The number of hydrogen-bond acceptors (Lipinski definition) is 7. The summed E-state index contributed by atoms with van der Waals surface area (Å²) < 4.78 is 31.4. The molecule has 1 aromatic heterocycles. The molecular weight excluding hydrogens is 559 g/mol. The fraction of sp³-hybridized carbons (Fsp3) is 0.400. The summed E-state index contributed by atoms with van der Waals surface area (Å²) in [4.78, 5) is 47.5. The van der Waals surface area contributed by atoms with Gasteiger partial charge in [-0.3, -0.25) is 9.59 Å². The molecule has 12 heteroatoms. The molecule has 0 spiro atoms. The number of allylic oxidation sites excluding steroid dienone is 2. The lowest BCUT2D eigenvalue weighted by atomic mass is 9.87. The van der Waals surface area contributed by atoms with Crippen molar-refractivity contribution in [3.05, 3.63) is 83.9 Å². The molecule has 1 aromatic carbocycles.